The Morgan fingerprint density at radius 1 is 1.35 bits per heavy atom. The van der Waals surface area contributed by atoms with Crippen molar-refractivity contribution in [2.45, 2.75) is 22.7 Å². The van der Waals surface area contributed by atoms with E-state index in [4.69, 9.17) is 0 Å². The molecule has 1 aromatic carbocycles. The first-order valence-corrected chi connectivity index (χ1v) is 8.70. The number of halogens is 1. The number of anilines is 1. The molecule has 1 N–H and O–H groups in total. The Kier molecular flexibility index (Phi) is 5.83. The summed E-state index contributed by atoms with van der Waals surface area (Å²) in [5.41, 5.74) is 1.27. The smallest absolute Gasteiger partial charge is 0.208 e. The summed E-state index contributed by atoms with van der Waals surface area (Å²) in [5, 5.41) is 12.6. The molecule has 1 heterocycles. The molecule has 0 saturated carbocycles. The average molecular weight is 373 g/mol. The van der Waals surface area contributed by atoms with Crippen molar-refractivity contribution in [3.8, 4) is 0 Å². The first-order chi connectivity index (χ1) is 9.60. The van der Waals surface area contributed by atoms with Gasteiger partial charge in [0.2, 0.25) is 5.13 Å². The number of hydrogen-bond donors (Lipinski definition) is 1. The maximum Gasteiger partial charge on any atom is 0.208 e. The van der Waals surface area contributed by atoms with Crippen molar-refractivity contribution in [3.05, 3.63) is 28.2 Å². The van der Waals surface area contributed by atoms with Crippen molar-refractivity contribution in [2.24, 2.45) is 0 Å². The molecule has 0 saturated heterocycles. The molecule has 0 atom stereocenters. The lowest BCUT2D eigenvalue weighted by Gasteiger charge is -2.06. The molecule has 0 bridgehead atoms. The summed E-state index contributed by atoms with van der Waals surface area (Å²) >= 11 is 6.86. The average Bonchev–Trinajstić information content (AvgIpc) is 2.88. The van der Waals surface area contributed by atoms with Crippen LogP contribution in [0.1, 0.15) is 12.5 Å². The Balaban J connectivity index is 2.08. The van der Waals surface area contributed by atoms with Crippen molar-refractivity contribution in [1.29, 1.82) is 0 Å². The lowest BCUT2D eigenvalue weighted by atomic mass is 10.2. The van der Waals surface area contributed by atoms with Crippen molar-refractivity contribution in [2.75, 3.05) is 25.5 Å². The van der Waals surface area contributed by atoms with Gasteiger partial charge in [0, 0.05) is 30.0 Å². The van der Waals surface area contributed by atoms with E-state index in [0.717, 1.165) is 31.9 Å². The van der Waals surface area contributed by atoms with Crippen LogP contribution in [0.15, 0.2) is 31.9 Å². The van der Waals surface area contributed by atoms with E-state index < -0.39 is 0 Å². The minimum absolute atomic E-state index is 0.892. The molecule has 0 amide bonds. The second-order valence-corrected chi connectivity index (χ2v) is 7.49. The quantitative estimate of drug-likeness (QED) is 0.838. The van der Waals surface area contributed by atoms with Gasteiger partial charge in [-0.3, -0.25) is 0 Å². The van der Waals surface area contributed by atoms with Crippen LogP contribution in [0.4, 0.5) is 5.13 Å². The highest BCUT2D eigenvalue weighted by Gasteiger charge is 2.10. The number of rotatable bonds is 6. The highest BCUT2D eigenvalue weighted by atomic mass is 79.9. The summed E-state index contributed by atoms with van der Waals surface area (Å²) in [4.78, 5) is 3.13. The van der Waals surface area contributed by atoms with E-state index in [1.54, 1.807) is 23.1 Å². The van der Waals surface area contributed by atoms with Crippen molar-refractivity contribution >= 4 is 44.2 Å². The van der Waals surface area contributed by atoms with Gasteiger partial charge in [-0.2, -0.15) is 0 Å². The van der Waals surface area contributed by atoms with Gasteiger partial charge in [0.1, 0.15) is 0 Å². The van der Waals surface area contributed by atoms with Crippen LogP contribution in [0, 0.1) is 0 Å². The molecule has 108 valence electrons. The van der Waals surface area contributed by atoms with Gasteiger partial charge in [0.05, 0.1) is 0 Å². The second kappa shape index (κ2) is 7.40. The summed E-state index contributed by atoms with van der Waals surface area (Å²) in [5.74, 6) is 0. The van der Waals surface area contributed by atoms with E-state index in [-0.39, 0.29) is 0 Å². The van der Waals surface area contributed by atoms with Crippen molar-refractivity contribution in [3.63, 3.8) is 0 Å². The Morgan fingerprint density at radius 3 is 2.75 bits per heavy atom. The SMILES string of the molecule is CCNCc1ccc(Sc2nnc(N(C)C)s2)c(Br)c1. The lowest BCUT2D eigenvalue weighted by Crippen LogP contribution is -2.11. The Labute approximate surface area is 136 Å². The molecular weight excluding hydrogens is 356 g/mol. The third kappa shape index (κ3) is 4.18. The van der Waals surface area contributed by atoms with Crippen LogP contribution in [0.2, 0.25) is 0 Å². The summed E-state index contributed by atoms with van der Waals surface area (Å²) < 4.78 is 2.05. The summed E-state index contributed by atoms with van der Waals surface area (Å²) in [6, 6.07) is 6.42. The highest BCUT2D eigenvalue weighted by molar-refractivity contribution is 9.10. The molecule has 2 aromatic rings. The molecule has 4 nitrogen and oxygen atoms in total. The van der Waals surface area contributed by atoms with Gasteiger partial charge < -0.3 is 10.2 Å². The first kappa shape index (κ1) is 15.8. The van der Waals surface area contributed by atoms with Crippen LogP contribution >= 0.6 is 39.0 Å². The van der Waals surface area contributed by atoms with Gasteiger partial charge in [0.15, 0.2) is 4.34 Å². The van der Waals surface area contributed by atoms with Crippen LogP contribution in [0.5, 0.6) is 0 Å². The molecule has 0 fully saturated rings. The van der Waals surface area contributed by atoms with Gasteiger partial charge >= 0.3 is 0 Å². The van der Waals surface area contributed by atoms with E-state index in [2.05, 4.69) is 56.6 Å². The summed E-state index contributed by atoms with van der Waals surface area (Å²) in [7, 11) is 3.95. The number of aromatic nitrogens is 2. The molecule has 0 unspecified atom stereocenters. The lowest BCUT2D eigenvalue weighted by molar-refractivity contribution is 0.726. The van der Waals surface area contributed by atoms with E-state index in [1.165, 1.54) is 5.56 Å². The summed E-state index contributed by atoms with van der Waals surface area (Å²) in [6.07, 6.45) is 0. The van der Waals surface area contributed by atoms with Crippen LogP contribution in [0.25, 0.3) is 0 Å². The predicted octanol–water partition coefficient (Wildman–Crippen LogP) is 3.63. The standard InChI is InChI=1S/C13H17BrN4S2/c1-4-15-8-9-5-6-11(10(14)7-9)19-13-17-16-12(20-13)18(2)3/h5-7,15H,4,8H2,1-3H3. The van der Waals surface area contributed by atoms with Gasteiger partial charge in [0.25, 0.3) is 0 Å². The fourth-order valence-electron chi connectivity index (χ4n) is 1.52. The van der Waals surface area contributed by atoms with Crippen molar-refractivity contribution < 1.29 is 0 Å². The normalized spacial score (nSPS) is 10.8. The molecule has 2 rings (SSSR count). The number of nitrogens with one attached hydrogen (secondary N) is 1. The minimum atomic E-state index is 0.892. The van der Waals surface area contributed by atoms with Crippen molar-refractivity contribution in [1.82, 2.24) is 15.5 Å². The fourth-order valence-corrected chi connectivity index (χ4v) is 3.92. The van der Waals surface area contributed by atoms with E-state index in [1.807, 2.05) is 19.0 Å². The second-order valence-electron chi connectivity index (χ2n) is 4.39. The van der Waals surface area contributed by atoms with Crippen LogP contribution < -0.4 is 10.2 Å². The van der Waals surface area contributed by atoms with Gasteiger partial charge in [-0.05, 0) is 40.2 Å². The number of hydrogen-bond acceptors (Lipinski definition) is 6. The zero-order valence-corrected chi connectivity index (χ0v) is 14.9. The molecule has 0 aliphatic rings. The molecule has 1 aromatic heterocycles. The molecule has 0 spiro atoms. The monoisotopic (exact) mass is 372 g/mol. The number of benzene rings is 1. The minimum Gasteiger partial charge on any atom is -0.353 e. The van der Waals surface area contributed by atoms with Crippen LogP contribution in [0.3, 0.4) is 0 Å². The molecule has 0 radical (unpaired) electrons. The van der Waals surface area contributed by atoms with E-state index in [9.17, 15) is 0 Å². The first-order valence-electron chi connectivity index (χ1n) is 6.28. The molecule has 7 heteroatoms. The summed E-state index contributed by atoms with van der Waals surface area (Å²) in [6.45, 7) is 3.98. The maximum absolute atomic E-state index is 4.20. The van der Waals surface area contributed by atoms with Crippen LogP contribution in [-0.2, 0) is 6.54 Å². The third-order valence-electron chi connectivity index (χ3n) is 2.55. The topological polar surface area (TPSA) is 41.1 Å². The predicted molar refractivity (Wildman–Crippen MR) is 89.9 cm³/mol. The molecular formula is C13H17BrN4S2. The largest absolute Gasteiger partial charge is 0.353 e. The molecule has 20 heavy (non-hydrogen) atoms. The fraction of sp³-hybridized carbons (Fsp3) is 0.385. The van der Waals surface area contributed by atoms with Gasteiger partial charge in [-0.15, -0.1) is 10.2 Å². The van der Waals surface area contributed by atoms with Gasteiger partial charge in [-0.25, -0.2) is 0 Å². The maximum atomic E-state index is 4.20. The molecule has 0 aliphatic heterocycles. The number of nitrogens with zero attached hydrogens (tertiary/aromatic N) is 3. The highest BCUT2D eigenvalue weighted by Crippen LogP contribution is 2.36. The zero-order valence-electron chi connectivity index (χ0n) is 11.7. The Bertz CT molecular complexity index is 571. The van der Waals surface area contributed by atoms with Gasteiger partial charge in [-0.1, -0.05) is 36.1 Å². The van der Waals surface area contributed by atoms with E-state index in [0.29, 0.717) is 0 Å². The van der Waals surface area contributed by atoms with Crippen LogP contribution in [-0.4, -0.2) is 30.8 Å². The van der Waals surface area contributed by atoms with E-state index >= 15 is 0 Å². The Hall–Kier alpha value is -0.630. The molecule has 0 aliphatic carbocycles. The Morgan fingerprint density at radius 2 is 2.15 bits per heavy atom. The zero-order chi connectivity index (χ0) is 14.5. The third-order valence-corrected chi connectivity index (χ3v) is 5.69.